The van der Waals surface area contributed by atoms with Crippen LogP contribution in [0.1, 0.15) is 65.0 Å². The van der Waals surface area contributed by atoms with Crippen molar-refractivity contribution in [3.8, 4) is 0 Å². The highest BCUT2D eigenvalue weighted by Crippen LogP contribution is 2.16. The van der Waals surface area contributed by atoms with Crippen LogP contribution in [0.5, 0.6) is 0 Å². The highest BCUT2D eigenvalue weighted by molar-refractivity contribution is 5.24. The third kappa shape index (κ3) is 6.77. The molecule has 0 spiro atoms. The summed E-state index contributed by atoms with van der Waals surface area (Å²) in [5, 5.41) is 3.58. The summed E-state index contributed by atoms with van der Waals surface area (Å²) in [6, 6.07) is 9.13. The molecule has 1 rings (SSSR count). The van der Waals surface area contributed by atoms with Gasteiger partial charge in [-0.1, -0.05) is 45.0 Å². The van der Waals surface area contributed by atoms with E-state index in [0.717, 1.165) is 12.5 Å². The van der Waals surface area contributed by atoms with Crippen molar-refractivity contribution in [2.75, 3.05) is 6.54 Å². The number of aryl methyl sites for hydroxylation is 1. The van der Waals surface area contributed by atoms with Gasteiger partial charge in [0.05, 0.1) is 0 Å². The van der Waals surface area contributed by atoms with Crippen LogP contribution in [-0.4, -0.2) is 12.1 Å². The first kappa shape index (κ1) is 16.2. The minimum Gasteiger partial charge on any atom is -0.312 e. The largest absolute Gasteiger partial charge is 0.312 e. The van der Waals surface area contributed by atoms with Gasteiger partial charge in [-0.05, 0) is 63.1 Å². The van der Waals surface area contributed by atoms with E-state index >= 15 is 0 Å². The highest BCUT2D eigenvalue weighted by Gasteiger charge is 2.11. The summed E-state index contributed by atoms with van der Waals surface area (Å²) in [7, 11) is 0. The zero-order valence-corrected chi connectivity index (χ0v) is 13.6. The molecule has 0 aliphatic heterocycles. The molecule has 0 radical (unpaired) electrons. The van der Waals surface area contributed by atoms with Crippen molar-refractivity contribution < 1.29 is 0 Å². The van der Waals surface area contributed by atoms with Gasteiger partial charge in [0.15, 0.2) is 0 Å². The fourth-order valence-corrected chi connectivity index (χ4v) is 2.06. The molecule has 1 aromatic carbocycles. The molecule has 108 valence electrons. The lowest BCUT2D eigenvalue weighted by molar-refractivity contribution is 0.372. The maximum Gasteiger partial charge on any atom is 0.00966 e. The Morgan fingerprint density at radius 3 is 2.05 bits per heavy atom. The molecule has 0 heterocycles. The van der Waals surface area contributed by atoms with Crippen molar-refractivity contribution in [3.05, 3.63) is 35.4 Å². The Morgan fingerprint density at radius 2 is 1.58 bits per heavy atom. The van der Waals surface area contributed by atoms with Gasteiger partial charge in [-0.25, -0.2) is 0 Å². The molecule has 1 unspecified atom stereocenters. The van der Waals surface area contributed by atoms with Crippen LogP contribution in [0, 0.1) is 5.92 Å². The topological polar surface area (TPSA) is 12.0 Å². The van der Waals surface area contributed by atoms with Crippen LogP contribution in [0.15, 0.2) is 24.3 Å². The highest BCUT2D eigenvalue weighted by atomic mass is 14.9. The lowest BCUT2D eigenvalue weighted by atomic mass is 9.97. The van der Waals surface area contributed by atoms with Gasteiger partial charge < -0.3 is 5.32 Å². The van der Waals surface area contributed by atoms with Crippen LogP contribution >= 0.6 is 0 Å². The van der Waals surface area contributed by atoms with Crippen LogP contribution in [-0.2, 0) is 6.42 Å². The van der Waals surface area contributed by atoms with E-state index < -0.39 is 0 Å². The molecule has 1 heteroatoms. The first-order valence-corrected chi connectivity index (χ1v) is 7.62. The molecule has 1 aromatic rings. The van der Waals surface area contributed by atoms with Crippen molar-refractivity contribution in [2.24, 2.45) is 5.92 Å². The number of benzene rings is 1. The van der Waals surface area contributed by atoms with E-state index in [9.17, 15) is 0 Å². The molecule has 1 atom stereocenters. The quantitative estimate of drug-likeness (QED) is 0.778. The number of rotatable bonds is 6. The summed E-state index contributed by atoms with van der Waals surface area (Å²) >= 11 is 0. The minimum atomic E-state index is 0.229. The molecule has 0 aliphatic carbocycles. The van der Waals surface area contributed by atoms with Gasteiger partial charge in [0.25, 0.3) is 0 Å². The number of hydrogen-bond donors (Lipinski definition) is 1. The second-order valence-corrected chi connectivity index (χ2v) is 7.17. The van der Waals surface area contributed by atoms with Crippen molar-refractivity contribution in [2.45, 2.75) is 65.8 Å². The van der Waals surface area contributed by atoms with Crippen LogP contribution < -0.4 is 5.32 Å². The summed E-state index contributed by atoms with van der Waals surface area (Å²) in [5.41, 5.74) is 3.13. The van der Waals surface area contributed by atoms with E-state index in [-0.39, 0.29) is 5.54 Å². The molecule has 0 aliphatic rings. The second kappa shape index (κ2) is 7.09. The molecule has 0 amide bonds. The van der Waals surface area contributed by atoms with Crippen LogP contribution in [0.4, 0.5) is 0 Å². The lowest BCUT2D eigenvalue weighted by Gasteiger charge is -2.23. The van der Waals surface area contributed by atoms with Crippen LogP contribution in [0.3, 0.4) is 0 Å². The normalized spacial score (nSPS) is 13.8. The zero-order chi connectivity index (χ0) is 14.5. The fourth-order valence-electron chi connectivity index (χ4n) is 2.06. The first-order chi connectivity index (χ1) is 8.78. The van der Waals surface area contributed by atoms with E-state index in [1.54, 1.807) is 0 Å². The monoisotopic (exact) mass is 261 g/mol. The summed E-state index contributed by atoms with van der Waals surface area (Å²) in [5.74, 6) is 1.35. The Hall–Kier alpha value is -0.820. The Morgan fingerprint density at radius 1 is 1.00 bits per heavy atom. The van der Waals surface area contributed by atoms with E-state index in [4.69, 9.17) is 0 Å². The Bertz CT molecular complexity index is 356. The third-order valence-electron chi connectivity index (χ3n) is 3.55. The Labute approximate surface area is 119 Å². The fraction of sp³-hybridized carbons (Fsp3) is 0.667. The maximum atomic E-state index is 3.58. The van der Waals surface area contributed by atoms with Gasteiger partial charge in [-0.15, -0.1) is 0 Å². The van der Waals surface area contributed by atoms with Crippen molar-refractivity contribution in [1.82, 2.24) is 5.32 Å². The van der Waals surface area contributed by atoms with Gasteiger partial charge in [0.1, 0.15) is 0 Å². The Balaban J connectivity index is 2.35. The van der Waals surface area contributed by atoms with Gasteiger partial charge in [0.2, 0.25) is 0 Å². The molecule has 1 N–H and O–H groups in total. The molecular weight excluding hydrogens is 230 g/mol. The maximum absolute atomic E-state index is 3.58. The summed E-state index contributed by atoms with van der Waals surface area (Å²) in [6.45, 7) is 14.6. The van der Waals surface area contributed by atoms with Crippen molar-refractivity contribution >= 4 is 0 Å². The minimum absolute atomic E-state index is 0.229. The molecule has 0 saturated carbocycles. The third-order valence-corrected chi connectivity index (χ3v) is 3.55. The van der Waals surface area contributed by atoms with E-state index in [1.807, 2.05) is 0 Å². The van der Waals surface area contributed by atoms with Crippen LogP contribution in [0.2, 0.25) is 0 Å². The van der Waals surface area contributed by atoms with Gasteiger partial charge in [-0.3, -0.25) is 0 Å². The van der Waals surface area contributed by atoms with Crippen LogP contribution in [0.25, 0.3) is 0 Å². The molecule has 19 heavy (non-hydrogen) atoms. The predicted octanol–water partition coefficient (Wildman–Crippen LogP) is 4.77. The van der Waals surface area contributed by atoms with Gasteiger partial charge in [0, 0.05) is 5.54 Å². The van der Waals surface area contributed by atoms with E-state index in [2.05, 4.69) is 71.1 Å². The smallest absolute Gasteiger partial charge is 0.00966 e. The van der Waals surface area contributed by atoms with Gasteiger partial charge in [-0.2, -0.15) is 0 Å². The average molecular weight is 261 g/mol. The summed E-state index contributed by atoms with van der Waals surface area (Å²) in [6.07, 6.45) is 2.44. The lowest BCUT2D eigenvalue weighted by Crippen LogP contribution is -2.38. The van der Waals surface area contributed by atoms with Crippen molar-refractivity contribution in [3.63, 3.8) is 0 Å². The van der Waals surface area contributed by atoms with E-state index in [1.165, 1.54) is 24.0 Å². The standard InChI is InChI=1S/C18H31N/c1-14(2)17-11-9-16(10-12-17)8-7-15(3)13-19-18(4,5)6/h9-12,14-15,19H,7-8,13H2,1-6H3. The molecule has 0 fully saturated rings. The summed E-state index contributed by atoms with van der Waals surface area (Å²) < 4.78 is 0. The molecule has 1 nitrogen and oxygen atoms in total. The van der Waals surface area contributed by atoms with E-state index in [0.29, 0.717) is 5.92 Å². The molecular formula is C18H31N. The molecule has 0 bridgehead atoms. The SMILES string of the molecule is CC(CCc1ccc(C(C)C)cc1)CNC(C)(C)C. The van der Waals surface area contributed by atoms with Crippen molar-refractivity contribution in [1.29, 1.82) is 0 Å². The average Bonchev–Trinajstić information content (AvgIpc) is 2.33. The zero-order valence-electron chi connectivity index (χ0n) is 13.6. The second-order valence-electron chi connectivity index (χ2n) is 7.17. The Kier molecular flexibility index (Phi) is 6.06. The molecule has 0 saturated heterocycles. The summed E-state index contributed by atoms with van der Waals surface area (Å²) in [4.78, 5) is 0. The first-order valence-electron chi connectivity index (χ1n) is 7.62. The number of nitrogens with one attached hydrogen (secondary N) is 1. The predicted molar refractivity (Wildman–Crippen MR) is 85.8 cm³/mol. The molecule has 0 aromatic heterocycles. The van der Waals surface area contributed by atoms with Gasteiger partial charge >= 0.3 is 0 Å². The number of hydrogen-bond acceptors (Lipinski definition) is 1.